The molecule has 0 aliphatic carbocycles. The van der Waals surface area contributed by atoms with Gasteiger partial charge in [0.2, 0.25) is 5.91 Å². The zero-order valence-electron chi connectivity index (χ0n) is 15.1. The Kier molecular flexibility index (Phi) is 7.52. The minimum absolute atomic E-state index is 0.000741. The van der Waals surface area contributed by atoms with Gasteiger partial charge < -0.3 is 15.4 Å². The molecular formula is C20H22ClN3O3. The number of hydrogen-bond acceptors (Lipinski definition) is 4. The Labute approximate surface area is 163 Å². The summed E-state index contributed by atoms with van der Waals surface area (Å²) in [6.45, 7) is 7.38. The molecule has 0 radical (unpaired) electrons. The van der Waals surface area contributed by atoms with Gasteiger partial charge in [-0.2, -0.15) is 0 Å². The average Bonchev–Trinajstić information content (AvgIpc) is 2.68. The predicted molar refractivity (Wildman–Crippen MR) is 105 cm³/mol. The highest BCUT2D eigenvalue weighted by atomic mass is 35.5. The zero-order chi connectivity index (χ0) is 19.8. The lowest BCUT2D eigenvalue weighted by molar-refractivity contribution is -0.133. The first-order valence-corrected chi connectivity index (χ1v) is 8.82. The zero-order valence-corrected chi connectivity index (χ0v) is 15.9. The molecule has 0 spiro atoms. The number of aromatic nitrogens is 1. The number of pyridine rings is 1. The number of benzene rings is 1. The minimum Gasteiger partial charge on any atom is -0.377 e. The molecule has 2 aromatic rings. The number of nitrogens with two attached hydrogens (primary N) is 1. The van der Waals surface area contributed by atoms with E-state index in [4.69, 9.17) is 22.1 Å². The third-order valence-corrected chi connectivity index (χ3v) is 4.23. The fourth-order valence-corrected chi connectivity index (χ4v) is 2.77. The van der Waals surface area contributed by atoms with Crippen molar-refractivity contribution in [3.8, 4) is 11.1 Å². The molecule has 1 fully saturated rings. The van der Waals surface area contributed by atoms with Crippen LogP contribution in [0.15, 0.2) is 55.3 Å². The molecule has 2 amide bonds. The summed E-state index contributed by atoms with van der Waals surface area (Å²) < 4.78 is 5.18. The summed E-state index contributed by atoms with van der Waals surface area (Å²) in [5.74, 6) is -0.537. The predicted octanol–water partition coefficient (Wildman–Crippen LogP) is 2.92. The van der Waals surface area contributed by atoms with Gasteiger partial charge in [0, 0.05) is 17.8 Å². The maximum absolute atomic E-state index is 11.1. The minimum atomic E-state index is -0.538. The van der Waals surface area contributed by atoms with Crippen molar-refractivity contribution < 1.29 is 14.3 Å². The van der Waals surface area contributed by atoms with Crippen molar-refractivity contribution in [2.45, 2.75) is 13.0 Å². The second kappa shape index (κ2) is 9.85. The molecule has 3 rings (SSSR count). The van der Waals surface area contributed by atoms with Gasteiger partial charge >= 0.3 is 0 Å². The molecule has 2 N–H and O–H groups in total. The number of rotatable bonds is 3. The summed E-state index contributed by atoms with van der Waals surface area (Å²) in [5, 5.41) is 0.648. The normalized spacial score (nSPS) is 16.1. The number of carbonyl (C=O) groups excluding carboxylic acids is 2. The molecule has 2 heterocycles. The van der Waals surface area contributed by atoms with Gasteiger partial charge in [-0.3, -0.25) is 14.6 Å². The Morgan fingerprint density at radius 2 is 2.07 bits per heavy atom. The largest absolute Gasteiger partial charge is 0.377 e. The quantitative estimate of drug-likeness (QED) is 0.820. The van der Waals surface area contributed by atoms with Crippen molar-refractivity contribution in [2.75, 3.05) is 19.8 Å². The van der Waals surface area contributed by atoms with E-state index in [-0.39, 0.29) is 17.6 Å². The second-order valence-corrected chi connectivity index (χ2v) is 6.40. The van der Waals surface area contributed by atoms with E-state index >= 15 is 0 Å². The molecule has 0 saturated carbocycles. The van der Waals surface area contributed by atoms with Crippen molar-refractivity contribution in [3.05, 3.63) is 66.0 Å². The van der Waals surface area contributed by atoms with Crippen LogP contribution < -0.4 is 5.73 Å². The molecule has 7 heteroatoms. The highest BCUT2D eigenvalue weighted by Crippen LogP contribution is 2.22. The Bertz CT molecular complexity index is 826. The van der Waals surface area contributed by atoms with Crippen molar-refractivity contribution in [3.63, 3.8) is 0 Å². The lowest BCUT2D eigenvalue weighted by Crippen LogP contribution is -2.46. The van der Waals surface area contributed by atoms with Crippen molar-refractivity contribution in [1.29, 1.82) is 0 Å². The highest BCUT2D eigenvalue weighted by molar-refractivity contribution is 6.30. The van der Waals surface area contributed by atoms with Crippen LogP contribution in [0, 0.1) is 0 Å². The molecule has 27 heavy (non-hydrogen) atoms. The molecule has 0 bridgehead atoms. The van der Waals surface area contributed by atoms with Crippen LogP contribution in [-0.4, -0.2) is 47.5 Å². The number of ether oxygens (including phenoxy) is 1. The van der Waals surface area contributed by atoms with Crippen LogP contribution in [-0.2, 0) is 9.53 Å². The molecule has 1 atom stereocenters. The lowest BCUT2D eigenvalue weighted by Gasteiger charge is -2.32. The van der Waals surface area contributed by atoms with Gasteiger partial charge in [0.25, 0.3) is 5.91 Å². The topological polar surface area (TPSA) is 85.5 Å². The van der Waals surface area contributed by atoms with E-state index in [9.17, 15) is 9.59 Å². The number of morpholine rings is 1. The van der Waals surface area contributed by atoms with Gasteiger partial charge in [-0.05, 0) is 48.4 Å². The lowest BCUT2D eigenvalue weighted by atomic mass is 10.1. The van der Waals surface area contributed by atoms with Crippen LogP contribution in [0.1, 0.15) is 17.4 Å². The summed E-state index contributed by atoms with van der Waals surface area (Å²) in [6, 6.07) is 11.0. The molecule has 1 aromatic heterocycles. The van der Waals surface area contributed by atoms with Crippen LogP contribution in [0.4, 0.5) is 0 Å². The molecule has 6 nitrogen and oxygen atoms in total. The first-order chi connectivity index (χ1) is 12.9. The van der Waals surface area contributed by atoms with E-state index in [1.807, 2.05) is 25.1 Å². The maximum Gasteiger partial charge on any atom is 0.267 e. The average molecular weight is 388 g/mol. The smallest absolute Gasteiger partial charge is 0.267 e. The van der Waals surface area contributed by atoms with Gasteiger partial charge in [-0.1, -0.05) is 30.3 Å². The number of hydrogen-bond donors (Lipinski definition) is 1. The van der Waals surface area contributed by atoms with Crippen molar-refractivity contribution in [2.24, 2.45) is 5.73 Å². The molecule has 1 aliphatic rings. The van der Waals surface area contributed by atoms with Gasteiger partial charge in [0.1, 0.15) is 5.69 Å². The van der Waals surface area contributed by atoms with Crippen LogP contribution in [0.5, 0.6) is 0 Å². The van der Waals surface area contributed by atoms with E-state index in [0.29, 0.717) is 24.8 Å². The van der Waals surface area contributed by atoms with Gasteiger partial charge in [0.05, 0.1) is 19.3 Å². The third kappa shape index (κ3) is 5.91. The van der Waals surface area contributed by atoms with Crippen molar-refractivity contribution in [1.82, 2.24) is 9.88 Å². The van der Waals surface area contributed by atoms with E-state index in [1.54, 1.807) is 29.3 Å². The number of carbonyl (C=O) groups is 2. The monoisotopic (exact) mass is 387 g/mol. The molecule has 1 aliphatic heterocycles. The Balaban J connectivity index is 0.000000208. The van der Waals surface area contributed by atoms with E-state index in [1.165, 1.54) is 6.08 Å². The molecule has 1 unspecified atom stereocenters. The molecule has 142 valence electrons. The molecular weight excluding hydrogens is 366 g/mol. The van der Waals surface area contributed by atoms with E-state index in [0.717, 1.165) is 11.1 Å². The summed E-state index contributed by atoms with van der Waals surface area (Å²) in [4.78, 5) is 27.8. The Morgan fingerprint density at radius 3 is 2.70 bits per heavy atom. The SMILES string of the molecule is C=CC(=O)N1CCOCC1C.NC(=O)c1cc(-c2cccc(Cl)c2)ccn1. The van der Waals surface area contributed by atoms with Crippen molar-refractivity contribution >= 4 is 23.4 Å². The van der Waals surface area contributed by atoms with Crippen LogP contribution in [0.25, 0.3) is 11.1 Å². The number of amides is 2. The first-order valence-electron chi connectivity index (χ1n) is 8.45. The maximum atomic E-state index is 11.1. The summed E-state index contributed by atoms with van der Waals surface area (Å²) in [5.41, 5.74) is 7.21. The van der Waals surface area contributed by atoms with Gasteiger partial charge in [-0.25, -0.2) is 0 Å². The van der Waals surface area contributed by atoms with E-state index in [2.05, 4.69) is 11.6 Å². The van der Waals surface area contributed by atoms with Crippen LogP contribution >= 0.6 is 11.6 Å². The number of primary amides is 1. The standard InChI is InChI=1S/C12H9ClN2O.C8H13NO2/c13-10-3-1-2-8(6-10)9-4-5-15-11(7-9)12(14)16;1-3-8(10)9-4-5-11-6-7(9)2/h1-7H,(H2,14,16);3,7H,1,4-6H2,2H3. The summed E-state index contributed by atoms with van der Waals surface area (Å²) in [7, 11) is 0. The summed E-state index contributed by atoms with van der Waals surface area (Å²) >= 11 is 5.89. The number of nitrogens with zero attached hydrogens (tertiary/aromatic N) is 2. The molecule has 1 saturated heterocycles. The van der Waals surface area contributed by atoms with Gasteiger partial charge in [0.15, 0.2) is 0 Å². The summed E-state index contributed by atoms with van der Waals surface area (Å²) in [6.07, 6.45) is 2.90. The molecule has 1 aromatic carbocycles. The second-order valence-electron chi connectivity index (χ2n) is 5.96. The number of halogens is 1. The fourth-order valence-electron chi connectivity index (χ4n) is 2.58. The third-order valence-electron chi connectivity index (χ3n) is 4.00. The van der Waals surface area contributed by atoms with Crippen LogP contribution in [0.2, 0.25) is 5.02 Å². The Morgan fingerprint density at radius 1 is 1.33 bits per heavy atom. The van der Waals surface area contributed by atoms with E-state index < -0.39 is 5.91 Å². The van der Waals surface area contributed by atoms with Crippen LogP contribution in [0.3, 0.4) is 0 Å². The fraction of sp³-hybridized carbons (Fsp3) is 0.250. The van der Waals surface area contributed by atoms with Gasteiger partial charge in [-0.15, -0.1) is 0 Å². The highest BCUT2D eigenvalue weighted by Gasteiger charge is 2.21. The Hall–Kier alpha value is -2.70. The first kappa shape index (κ1) is 20.6.